The van der Waals surface area contributed by atoms with Gasteiger partial charge in [-0.3, -0.25) is 5.43 Å². The third kappa shape index (κ3) is 3.01. The summed E-state index contributed by atoms with van der Waals surface area (Å²) in [5.41, 5.74) is 8.90. The maximum atomic E-state index is 11.7. The van der Waals surface area contributed by atoms with Crippen molar-refractivity contribution in [3.05, 3.63) is 29.8 Å². The molecule has 5 N–H and O–H groups in total. The van der Waals surface area contributed by atoms with Crippen LogP contribution in [-0.4, -0.2) is 28.3 Å². The Morgan fingerprint density at radius 2 is 2.12 bits per heavy atom. The fourth-order valence-electron chi connectivity index (χ4n) is 1.29. The van der Waals surface area contributed by atoms with Gasteiger partial charge in [-0.15, -0.1) is 10.6 Å². The summed E-state index contributed by atoms with van der Waals surface area (Å²) in [6.07, 6.45) is 0. The van der Waals surface area contributed by atoms with E-state index in [0.717, 1.165) is 5.56 Å². The van der Waals surface area contributed by atoms with Gasteiger partial charge in [0.2, 0.25) is 0 Å². The topological polar surface area (TPSA) is 97.8 Å². The average molecular weight is 255 g/mol. The summed E-state index contributed by atoms with van der Waals surface area (Å²) < 4.78 is 14.3. The summed E-state index contributed by atoms with van der Waals surface area (Å²) in [4.78, 5) is 0.654. The van der Waals surface area contributed by atoms with Gasteiger partial charge in [0.05, 0.1) is 11.5 Å². The summed E-state index contributed by atoms with van der Waals surface area (Å²) in [5, 5.41) is 12.6. The van der Waals surface area contributed by atoms with Crippen molar-refractivity contribution in [1.82, 2.24) is 21.2 Å². The van der Waals surface area contributed by atoms with Gasteiger partial charge in [-0.25, -0.2) is 14.5 Å². The summed E-state index contributed by atoms with van der Waals surface area (Å²) >= 11 is 0. The molecule has 0 aliphatic carbocycles. The molecule has 0 radical (unpaired) electrons. The third-order valence-corrected chi connectivity index (χ3v) is 3.26. The van der Waals surface area contributed by atoms with E-state index in [1.54, 1.807) is 12.1 Å². The Morgan fingerprint density at radius 1 is 1.35 bits per heavy atom. The van der Waals surface area contributed by atoms with Crippen molar-refractivity contribution >= 4 is 16.8 Å². The van der Waals surface area contributed by atoms with E-state index >= 15 is 0 Å². The normalized spacial score (nSPS) is 15.9. The van der Waals surface area contributed by atoms with Gasteiger partial charge < -0.3 is 5.11 Å². The predicted molar refractivity (Wildman–Crippen MR) is 63.9 cm³/mol. The first-order valence-corrected chi connectivity index (χ1v) is 6.16. The molecule has 1 heterocycles. The van der Waals surface area contributed by atoms with Crippen LogP contribution < -0.4 is 21.2 Å². The Hall–Kier alpha value is -1.48. The van der Waals surface area contributed by atoms with Crippen LogP contribution in [0.2, 0.25) is 0 Å². The Kier molecular flexibility index (Phi) is 4.04. The molecular weight excluding hydrogens is 242 g/mol. The van der Waals surface area contributed by atoms with E-state index < -0.39 is 11.0 Å². The molecule has 8 heteroatoms. The van der Waals surface area contributed by atoms with Crippen LogP contribution in [0.1, 0.15) is 5.56 Å². The van der Waals surface area contributed by atoms with Gasteiger partial charge in [0, 0.05) is 12.1 Å². The lowest BCUT2D eigenvalue weighted by atomic mass is 10.2. The van der Waals surface area contributed by atoms with Crippen LogP contribution in [-0.2, 0) is 11.0 Å². The molecule has 1 aliphatic heterocycles. The van der Waals surface area contributed by atoms with Crippen LogP contribution in [0.3, 0.4) is 0 Å². The van der Waals surface area contributed by atoms with Crippen LogP contribution in [0, 0.1) is 0 Å². The predicted octanol–water partition coefficient (Wildman–Crippen LogP) is -1.43. The number of rotatable bonds is 5. The second-order valence-electron chi connectivity index (χ2n) is 3.23. The lowest BCUT2D eigenvalue weighted by Crippen LogP contribution is -2.35. The van der Waals surface area contributed by atoms with Crippen molar-refractivity contribution in [3.63, 3.8) is 0 Å². The van der Waals surface area contributed by atoms with E-state index in [2.05, 4.69) is 26.3 Å². The van der Waals surface area contributed by atoms with Gasteiger partial charge in [0.15, 0.2) is 5.84 Å². The molecule has 0 bridgehead atoms. The van der Waals surface area contributed by atoms with E-state index in [0.29, 0.717) is 17.3 Å². The average Bonchev–Trinajstić information content (AvgIpc) is 2.90. The largest absolute Gasteiger partial charge is 0.395 e. The molecule has 2 rings (SSSR count). The highest BCUT2D eigenvalue weighted by molar-refractivity contribution is 7.83. The van der Waals surface area contributed by atoms with Gasteiger partial charge in [0.25, 0.3) is 0 Å². The quantitative estimate of drug-likeness (QED) is 0.444. The minimum Gasteiger partial charge on any atom is -0.395 e. The van der Waals surface area contributed by atoms with Crippen LogP contribution in [0.15, 0.2) is 34.3 Å². The number of hydrogen-bond acceptors (Lipinski definition) is 6. The molecule has 1 unspecified atom stereocenters. The first kappa shape index (κ1) is 12.0. The molecule has 0 amide bonds. The summed E-state index contributed by atoms with van der Waals surface area (Å²) in [5.74, 6) is 0.672. The van der Waals surface area contributed by atoms with Crippen molar-refractivity contribution in [1.29, 1.82) is 0 Å². The van der Waals surface area contributed by atoms with Crippen LogP contribution in [0.4, 0.5) is 0 Å². The highest BCUT2D eigenvalue weighted by Crippen LogP contribution is 2.08. The Balaban J connectivity index is 2.04. The molecule has 1 atom stereocenters. The molecule has 1 aromatic rings. The highest BCUT2D eigenvalue weighted by atomic mass is 32.2. The number of hydrazone groups is 1. The zero-order chi connectivity index (χ0) is 12.1. The molecule has 1 aliphatic rings. The summed E-state index contributed by atoms with van der Waals surface area (Å²) in [6.45, 7) is 0.262. The number of hydrogen-bond donors (Lipinski definition) is 5. The second kappa shape index (κ2) is 5.73. The maximum absolute atomic E-state index is 11.7. The lowest BCUT2D eigenvalue weighted by molar-refractivity contribution is 0.302. The minimum absolute atomic E-state index is 0.0398. The monoisotopic (exact) mass is 255 g/mol. The second-order valence-corrected chi connectivity index (χ2v) is 4.53. The number of amidine groups is 1. The third-order valence-electron chi connectivity index (χ3n) is 2.09. The van der Waals surface area contributed by atoms with Crippen LogP contribution in [0.5, 0.6) is 0 Å². The van der Waals surface area contributed by atoms with Gasteiger partial charge >= 0.3 is 0 Å². The smallest absolute Gasteiger partial charge is 0.170 e. The fourth-order valence-corrected chi connectivity index (χ4v) is 2.12. The van der Waals surface area contributed by atoms with Crippen molar-refractivity contribution in [2.75, 3.05) is 13.2 Å². The van der Waals surface area contributed by atoms with Crippen LogP contribution >= 0.6 is 0 Å². The van der Waals surface area contributed by atoms with Crippen molar-refractivity contribution < 1.29 is 9.32 Å². The number of aliphatic hydroxyl groups excluding tert-OH is 1. The molecule has 0 aromatic heterocycles. The standard InChI is InChI=1S/C9H13N5O2S/c15-6-5-10-17(16)8-3-1-7(2-4-8)9-11-13-14-12-9/h1-4,10,13-15H,5-6H2,(H,11,12). The van der Waals surface area contributed by atoms with Gasteiger partial charge in [-0.1, -0.05) is 0 Å². The summed E-state index contributed by atoms with van der Waals surface area (Å²) in [7, 11) is -1.29. The minimum atomic E-state index is -1.29. The van der Waals surface area contributed by atoms with E-state index in [4.69, 9.17) is 5.11 Å². The SMILES string of the molecule is O=S(NCCO)c1ccc(C2=NNNN2)cc1. The zero-order valence-corrected chi connectivity index (χ0v) is 9.75. The maximum Gasteiger partial charge on any atom is 0.170 e. The van der Waals surface area contributed by atoms with Crippen molar-refractivity contribution in [2.45, 2.75) is 4.90 Å². The van der Waals surface area contributed by atoms with Gasteiger partial charge in [0.1, 0.15) is 11.0 Å². The highest BCUT2D eigenvalue weighted by Gasteiger charge is 2.08. The fraction of sp³-hybridized carbons (Fsp3) is 0.222. The Morgan fingerprint density at radius 3 is 2.71 bits per heavy atom. The Labute approximate surface area is 101 Å². The Bertz CT molecular complexity index is 434. The number of nitrogens with zero attached hydrogens (tertiary/aromatic N) is 1. The first-order valence-electron chi connectivity index (χ1n) is 5.01. The summed E-state index contributed by atoms with van der Waals surface area (Å²) in [6, 6.07) is 7.12. The van der Waals surface area contributed by atoms with E-state index in [9.17, 15) is 4.21 Å². The number of aliphatic hydroxyl groups is 1. The first-order chi connectivity index (χ1) is 8.31. The number of benzene rings is 1. The molecule has 0 saturated heterocycles. The van der Waals surface area contributed by atoms with Gasteiger partial charge in [-0.05, 0) is 24.3 Å². The van der Waals surface area contributed by atoms with E-state index in [1.807, 2.05) is 12.1 Å². The number of hydrazine groups is 2. The molecule has 1 aromatic carbocycles. The molecule has 0 spiro atoms. The zero-order valence-electron chi connectivity index (χ0n) is 8.93. The number of nitrogens with one attached hydrogen (secondary N) is 4. The molecule has 0 fully saturated rings. The molecular formula is C9H13N5O2S. The lowest BCUT2D eigenvalue weighted by Gasteiger charge is -2.04. The van der Waals surface area contributed by atoms with Crippen LogP contribution in [0.25, 0.3) is 0 Å². The molecule has 0 saturated carbocycles. The molecule has 92 valence electrons. The van der Waals surface area contributed by atoms with E-state index in [-0.39, 0.29) is 6.61 Å². The van der Waals surface area contributed by atoms with Gasteiger partial charge in [-0.2, -0.15) is 0 Å². The van der Waals surface area contributed by atoms with Crippen molar-refractivity contribution in [3.8, 4) is 0 Å². The molecule has 7 nitrogen and oxygen atoms in total. The van der Waals surface area contributed by atoms with Crippen molar-refractivity contribution in [2.24, 2.45) is 5.10 Å². The van der Waals surface area contributed by atoms with E-state index in [1.165, 1.54) is 0 Å². The molecule has 17 heavy (non-hydrogen) atoms.